The van der Waals surface area contributed by atoms with E-state index < -0.39 is 12.2 Å². The Labute approximate surface area is 312 Å². The van der Waals surface area contributed by atoms with E-state index in [0.29, 0.717) is 57.8 Å². The fourth-order valence-electron chi connectivity index (χ4n) is 6.29. The van der Waals surface area contributed by atoms with Crippen molar-refractivity contribution in [1.29, 1.82) is 0 Å². The van der Waals surface area contributed by atoms with Crippen LogP contribution in [0.5, 0.6) is 0 Å². The van der Waals surface area contributed by atoms with Gasteiger partial charge in [0.25, 0.3) is 0 Å². The predicted molar refractivity (Wildman–Crippen MR) is 198 cm³/mol. The Balaban J connectivity index is 1.11. The van der Waals surface area contributed by atoms with Gasteiger partial charge < -0.3 is 39.9 Å². The Bertz CT molecular complexity index is 1800. The molecule has 4 aromatic rings. The summed E-state index contributed by atoms with van der Waals surface area (Å²) in [6.45, 7) is 9.28. The summed E-state index contributed by atoms with van der Waals surface area (Å²) in [4.78, 5) is 55.8. The minimum Gasteiger partial charge on any atom is -0.453 e. The van der Waals surface area contributed by atoms with E-state index in [1.54, 1.807) is 4.90 Å². The summed E-state index contributed by atoms with van der Waals surface area (Å²) in [5.74, 6) is 1.92. The Morgan fingerprint density at radius 2 is 1.12 bits per heavy atom. The maximum Gasteiger partial charge on any atom is 0.407 e. The third-order valence-electron chi connectivity index (χ3n) is 9.56. The molecule has 2 aromatic carbocycles. The maximum absolute atomic E-state index is 12.9. The first-order valence-electron chi connectivity index (χ1n) is 17.0. The topological polar surface area (TPSA) is 158 Å². The van der Waals surface area contributed by atoms with Crippen molar-refractivity contribution in [2.75, 3.05) is 27.3 Å². The number of carbonyl (C=O) groups excluding carboxylic acids is 3. The number of carbonyl (C=O) groups is 3. The lowest BCUT2D eigenvalue weighted by Gasteiger charge is -2.26. The Kier molecular flexibility index (Phi) is 11.1. The SMILES string of the molecule is C=C(CNC(=O)OC)N(Cc1nc(-c2ccc(-c3ccc(-c4nc(CN(C(=O)CNC(=O)OC)C5CC5C)[nH]c4Cl)cc3)cc2)c(Cl)[nH]1)C1CC1C. The fourth-order valence-corrected chi connectivity index (χ4v) is 6.81. The number of nitrogens with zero attached hydrogens (tertiary/aromatic N) is 4. The van der Waals surface area contributed by atoms with E-state index >= 15 is 0 Å². The second-order valence-corrected chi connectivity index (χ2v) is 14.1. The van der Waals surface area contributed by atoms with Crippen LogP contribution in [0.15, 0.2) is 60.8 Å². The molecule has 2 heterocycles. The Morgan fingerprint density at radius 1 is 0.731 bits per heavy atom. The monoisotopic (exact) mass is 748 g/mol. The average Bonchev–Trinajstić information content (AvgIpc) is 3.98. The van der Waals surface area contributed by atoms with E-state index in [1.165, 1.54) is 14.2 Å². The molecule has 52 heavy (non-hydrogen) atoms. The number of halogens is 2. The van der Waals surface area contributed by atoms with Crippen LogP contribution in [0.2, 0.25) is 10.3 Å². The molecular weight excluding hydrogens is 707 g/mol. The van der Waals surface area contributed by atoms with Crippen molar-refractivity contribution in [3.8, 4) is 33.6 Å². The van der Waals surface area contributed by atoms with E-state index in [-0.39, 0.29) is 31.6 Å². The zero-order chi connectivity index (χ0) is 37.1. The number of aromatic nitrogens is 4. The average molecular weight is 750 g/mol. The lowest BCUT2D eigenvalue weighted by Crippen LogP contribution is -2.41. The summed E-state index contributed by atoms with van der Waals surface area (Å²) in [7, 11) is 2.58. The highest BCUT2D eigenvalue weighted by Gasteiger charge is 2.41. The molecule has 4 N–H and O–H groups in total. The zero-order valence-corrected chi connectivity index (χ0v) is 31.0. The molecule has 4 atom stereocenters. The molecule has 4 unspecified atom stereocenters. The van der Waals surface area contributed by atoms with Gasteiger partial charge in [-0.1, -0.05) is 92.2 Å². The van der Waals surface area contributed by atoms with E-state index in [9.17, 15) is 14.4 Å². The van der Waals surface area contributed by atoms with Crippen LogP contribution in [0.1, 0.15) is 38.3 Å². The normalized spacial score (nSPS) is 18.7. The highest BCUT2D eigenvalue weighted by molar-refractivity contribution is 6.32. The van der Waals surface area contributed by atoms with E-state index in [2.05, 4.69) is 50.7 Å². The molecule has 0 bridgehead atoms. The molecule has 274 valence electrons. The number of methoxy groups -OCH3 is 2. The predicted octanol–water partition coefficient (Wildman–Crippen LogP) is 6.61. The number of benzene rings is 2. The highest BCUT2D eigenvalue weighted by Crippen LogP contribution is 2.39. The number of rotatable bonds is 14. The number of alkyl carbamates (subject to hydrolysis) is 2. The molecule has 2 aliphatic rings. The second-order valence-electron chi connectivity index (χ2n) is 13.3. The molecule has 2 saturated carbocycles. The van der Waals surface area contributed by atoms with Crippen LogP contribution in [0.3, 0.4) is 0 Å². The number of H-pyrrole nitrogens is 2. The van der Waals surface area contributed by atoms with Gasteiger partial charge in [-0.2, -0.15) is 0 Å². The van der Waals surface area contributed by atoms with Gasteiger partial charge in [0.2, 0.25) is 5.91 Å². The number of nitrogens with one attached hydrogen (secondary N) is 4. The van der Waals surface area contributed by atoms with Crippen molar-refractivity contribution in [3.05, 3.63) is 82.8 Å². The van der Waals surface area contributed by atoms with Crippen molar-refractivity contribution in [1.82, 2.24) is 40.4 Å². The van der Waals surface area contributed by atoms with E-state index in [4.69, 9.17) is 37.9 Å². The van der Waals surface area contributed by atoms with Gasteiger partial charge in [0, 0.05) is 28.9 Å². The smallest absolute Gasteiger partial charge is 0.407 e. The van der Waals surface area contributed by atoms with Crippen LogP contribution in [0, 0.1) is 11.8 Å². The van der Waals surface area contributed by atoms with Crippen LogP contribution in [0.25, 0.3) is 33.6 Å². The molecule has 2 aromatic heterocycles. The quantitative estimate of drug-likeness (QED) is 0.112. The summed E-state index contributed by atoms with van der Waals surface area (Å²) in [6.07, 6.45) is 0.761. The van der Waals surface area contributed by atoms with E-state index in [0.717, 1.165) is 40.8 Å². The van der Waals surface area contributed by atoms with Crippen LogP contribution in [-0.2, 0) is 27.4 Å². The lowest BCUT2D eigenvalue weighted by molar-refractivity contribution is -0.131. The van der Waals surface area contributed by atoms with Crippen molar-refractivity contribution < 1.29 is 23.9 Å². The van der Waals surface area contributed by atoms with Gasteiger partial charge in [-0.25, -0.2) is 19.6 Å². The molecule has 2 fully saturated rings. The molecule has 0 spiro atoms. The second kappa shape index (κ2) is 15.7. The maximum atomic E-state index is 12.9. The highest BCUT2D eigenvalue weighted by atomic mass is 35.5. The molecule has 6 rings (SSSR count). The minimum absolute atomic E-state index is 0.0753. The Morgan fingerprint density at radius 3 is 1.54 bits per heavy atom. The third kappa shape index (κ3) is 8.54. The van der Waals surface area contributed by atoms with Gasteiger partial charge in [0.15, 0.2) is 0 Å². The minimum atomic E-state index is -0.658. The first-order chi connectivity index (χ1) is 24.9. The van der Waals surface area contributed by atoms with E-state index in [1.807, 2.05) is 48.5 Å². The summed E-state index contributed by atoms with van der Waals surface area (Å²) in [5, 5.41) is 5.98. The van der Waals surface area contributed by atoms with Gasteiger partial charge >= 0.3 is 12.2 Å². The number of hydrogen-bond donors (Lipinski definition) is 4. The van der Waals surface area contributed by atoms with Crippen LogP contribution >= 0.6 is 23.2 Å². The fraction of sp³-hybridized carbons (Fsp3) is 0.378. The lowest BCUT2D eigenvalue weighted by atomic mass is 10.0. The number of imidazole rings is 2. The molecule has 0 aliphatic heterocycles. The van der Waals surface area contributed by atoms with Crippen LogP contribution in [-0.4, -0.2) is 87.2 Å². The summed E-state index contributed by atoms with van der Waals surface area (Å²) < 4.78 is 9.28. The number of ether oxygens (including phenoxy) is 2. The van der Waals surface area contributed by atoms with Gasteiger partial charge in [0.1, 0.15) is 39.9 Å². The van der Waals surface area contributed by atoms with Gasteiger partial charge in [-0.3, -0.25) is 4.79 Å². The molecule has 13 nitrogen and oxygen atoms in total. The molecule has 0 radical (unpaired) electrons. The van der Waals surface area contributed by atoms with Crippen molar-refractivity contribution in [2.45, 2.75) is 51.9 Å². The molecule has 15 heteroatoms. The third-order valence-corrected chi connectivity index (χ3v) is 10.1. The largest absolute Gasteiger partial charge is 0.453 e. The molecule has 3 amide bonds. The number of aromatic amines is 2. The van der Waals surface area contributed by atoms with Crippen molar-refractivity contribution in [2.24, 2.45) is 11.8 Å². The first-order valence-corrected chi connectivity index (χ1v) is 17.8. The van der Waals surface area contributed by atoms with Gasteiger partial charge in [-0.15, -0.1) is 0 Å². The summed E-state index contributed by atoms with van der Waals surface area (Å²) in [5.41, 5.74) is 5.72. The zero-order valence-electron chi connectivity index (χ0n) is 29.5. The standard InChI is InChI=1S/C37H42Cl2N8O5/c1-20-14-27(20)46(22(3)16-40-36(49)51-4)18-29-42-32(34(38)44-29)25-10-6-23(7-11-25)24-8-12-26(13-9-24)33-35(39)45-30(43-33)19-47(28-15-21(28)2)31(48)17-41-37(50)52-5/h6-13,20-21,27-28H,3,14-19H2,1-2,4-5H3,(H,40,49)(H,41,50)(H,42,44)(H,43,45). The van der Waals surface area contributed by atoms with Crippen LogP contribution in [0.4, 0.5) is 9.59 Å². The van der Waals surface area contributed by atoms with Crippen molar-refractivity contribution >= 4 is 41.3 Å². The summed E-state index contributed by atoms with van der Waals surface area (Å²) in [6, 6.07) is 16.3. The Hall–Kier alpha value is -5.01. The first kappa shape index (κ1) is 36.8. The number of amides is 3. The number of hydrogen-bond acceptors (Lipinski definition) is 8. The summed E-state index contributed by atoms with van der Waals surface area (Å²) >= 11 is 13.2. The molecule has 2 aliphatic carbocycles. The molecule has 0 saturated heterocycles. The van der Waals surface area contributed by atoms with Gasteiger partial charge in [0.05, 0.1) is 33.9 Å². The van der Waals surface area contributed by atoms with Gasteiger partial charge in [-0.05, 0) is 35.8 Å². The molecular formula is C37H42Cl2N8O5. The van der Waals surface area contributed by atoms with Crippen molar-refractivity contribution in [3.63, 3.8) is 0 Å². The van der Waals surface area contributed by atoms with Crippen LogP contribution < -0.4 is 10.6 Å².